The highest BCUT2D eigenvalue weighted by Gasteiger charge is 2.05. The second kappa shape index (κ2) is 7.58. The first-order chi connectivity index (χ1) is 10.2. The molecule has 106 valence electrons. The monoisotopic (exact) mass is 343 g/mol. The highest BCUT2D eigenvalue weighted by molar-refractivity contribution is 9.10. The number of amides is 1. The normalized spacial score (nSPS) is 9.62. The molecule has 0 fully saturated rings. The first kappa shape index (κ1) is 15.2. The van der Waals surface area contributed by atoms with Crippen molar-refractivity contribution in [1.29, 1.82) is 0 Å². The van der Waals surface area contributed by atoms with Crippen LogP contribution in [0.15, 0.2) is 47.1 Å². The lowest BCUT2D eigenvalue weighted by atomic mass is 10.1. The largest absolute Gasteiger partial charge is 0.320 e. The quantitative estimate of drug-likeness (QED) is 0.840. The molecule has 2 rings (SSSR count). The van der Waals surface area contributed by atoms with Crippen molar-refractivity contribution < 1.29 is 4.79 Å². The lowest BCUT2D eigenvalue weighted by Gasteiger charge is -2.05. The highest BCUT2D eigenvalue weighted by Crippen LogP contribution is 2.13. The average molecular weight is 344 g/mol. The minimum absolute atomic E-state index is 0.121. The maximum absolute atomic E-state index is 12.0. The fraction of sp³-hybridized carbons (Fsp3) is 0.125. The van der Waals surface area contributed by atoms with Gasteiger partial charge < -0.3 is 11.1 Å². The second-order valence-corrected chi connectivity index (χ2v) is 5.21. The molecule has 2 aromatic rings. The van der Waals surface area contributed by atoms with Gasteiger partial charge in [0.1, 0.15) is 5.82 Å². The Hall–Kier alpha value is -2.16. The fourth-order valence-corrected chi connectivity index (χ4v) is 2.20. The molecular weight excluding hydrogens is 330 g/mol. The van der Waals surface area contributed by atoms with Gasteiger partial charge in [0.25, 0.3) is 0 Å². The number of nitrogens with zero attached hydrogens (tertiary/aromatic N) is 1. The molecule has 0 aliphatic rings. The summed E-state index contributed by atoms with van der Waals surface area (Å²) >= 11 is 3.38. The maximum Gasteiger partial charge on any atom is 0.229 e. The molecule has 0 saturated carbocycles. The molecule has 21 heavy (non-hydrogen) atoms. The SMILES string of the molecule is NCC#Cc1ccnc(NC(=O)Cc2cccc(Br)c2)c1. The van der Waals surface area contributed by atoms with Crippen LogP contribution in [0.5, 0.6) is 0 Å². The molecule has 5 heteroatoms. The number of nitrogens with one attached hydrogen (secondary N) is 1. The van der Waals surface area contributed by atoms with Gasteiger partial charge in [-0.25, -0.2) is 4.98 Å². The topological polar surface area (TPSA) is 68.0 Å². The first-order valence-corrected chi connectivity index (χ1v) is 7.16. The van der Waals surface area contributed by atoms with Gasteiger partial charge in [-0.15, -0.1) is 0 Å². The van der Waals surface area contributed by atoms with E-state index in [9.17, 15) is 4.79 Å². The number of aromatic nitrogens is 1. The van der Waals surface area contributed by atoms with E-state index in [1.54, 1.807) is 18.3 Å². The standard InChI is InChI=1S/C16H14BrN3O/c17-14-5-1-3-13(9-14)11-16(21)20-15-10-12(4-2-7-18)6-8-19-15/h1,3,5-6,8-10H,7,11,18H2,(H,19,20,21). The molecule has 4 nitrogen and oxygen atoms in total. The van der Waals surface area contributed by atoms with Crippen molar-refractivity contribution in [2.45, 2.75) is 6.42 Å². The molecule has 3 N–H and O–H groups in total. The number of nitrogens with two attached hydrogens (primary N) is 1. The molecule has 0 unspecified atom stereocenters. The zero-order chi connectivity index (χ0) is 15.1. The number of halogens is 1. The zero-order valence-corrected chi connectivity index (χ0v) is 12.9. The number of pyridine rings is 1. The molecule has 0 saturated heterocycles. The van der Waals surface area contributed by atoms with Gasteiger partial charge in [0, 0.05) is 16.2 Å². The smallest absolute Gasteiger partial charge is 0.229 e. The summed E-state index contributed by atoms with van der Waals surface area (Å²) in [5, 5.41) is 2.76. The van der Waals surface area contributed by atoms with Crippen molar-refractivity contribution in [2.24, 2.45) is 5.73 Å². The number of rotatable bonds is 3. The Morgan fingerprint density at radius 3 is 2.95 bits per heavy atom. The van der Waals surface area contributed by atoms with Crippen molar-refractivity contribution in [3.63, 3.8) is 0 Å². The first-order valence-electron chi connectivity index (χ1n) is 6.36. The number of carbonyl (C=O) groups excluding carboxylic acids is 1. The maximum atomic E-state index is 12.0. The van der Waals surface area contributed by atoms with E-state index in [1.165, 1.54) is 0 Å². The van der Waals surface area contributed by atoms with Crippen molar-refractivity contribution in [1.82, 2.24) is 4.98 Å². The molecule has 0 radical (unpaired) electrons. The van der Waals surface area contributed by atoms with Gasteiger partial charge in [-0.1, -0.05) is 39.9 Å². The van der Waals surface area contributed by atoms with Crippen molar-refractivity contribution in [3.05, 3.63) is 58.2 Å². The molecule has 0 aliphatic carbocycles. The molecule has 1 amide bonds. The van der Waals surface area contributed by atoms with Gasteiger partial charge in [-0.2, -0.15) is 0 Å². The second-order valence-electron chi connectivity index (χ2n) is 4.29. The lowest BCUT2D eigenvalue weighted by molar-refractivity contribution is -0.115. The van der Waals surface area contributed by atoms with E-state index in [-0.39, 0.29) is 5.91 Å². The number of anilines is 1. The third-order valence-corrected chi connectivity index (χ3v) is 3.11. The summed E-state index contributed by atoms with van der Waals surface area (Å²) in [5.41, 5.74) is 7.03. The molecule has 1 aromatic heterocycles. The van der Waals surface area contributed by atoms with Crippen LogP contribution in [-0.4, -0.2) is 17.4 Å². The zero-order valence-electron chi connectivity index (χ0n) is 11.3. The number of benzene rings is 1. The Kier molecular flexibility index (Phi) is 5.50. The lowest BCUT2D eigenvalue weighted by Crippen LogP contribution is -2.15. The van der Waals surface area contributed by atoms with E-state index in [4.69, 9.17) is 5.73 Å². The summed E-state index contributed by atoms with van der Waals surface area (Å²) in [6, 6.07) is 11.1. The van der Waals surface area contributed by atoms with E-state index in [2.05, 4.69) is 38.1 Å². The average Bonchev–Trinajstić information content (AvgIpc) is 2.45. The van der Waals surface area contributed by atoms with Crippen LogP contribution >= 0.6 is 15.9 Å². The molecular formula is C16H14BrN3O. The summed E-state index contributed by atoms with van der Waals surface area (Å²) in [5.74, 6) is 6.03. The van der Waals surface area contributed by atoms with E-state index in [0.29, 0.717) is 18.8 Å². The predicted octanol–water partition coefficient (Wildman–Crippen LogP) is 2.34. The third kappa shape index (κ3) is 5.03. The van der Waals surface area contributed by atoms with Gasteiger partial charge in [0.05, 0.1) is 13.0 Å². The van der Waals surface area contributed by atoms with Gasteiger partial charge in [0.15, 0.2) is 0 Å². The van der Waals surface area contributed by atoms with Crippen LogP contribution in [0.2, 0.25) is 0 Å². The van der Waals surface area contributed by atoms with Crippen molar-refractivity contribution in [2.75, 3.05) is 11.9 Å². The van der Waals surface area contributed by atoms with E-state index in [1.807, 2.05) is 24.3 Å². The Morgan fingerprint density at radius 2 is 2.19 bits per heavy atom. The van der Waals surface area contributed by atoms with E-state index >= 15 is 0 Å². The van der Waals surface area contributed by atoms with Crippen LogP contribution in [0.25, 0.3) is 0 Å². The molecule has 1 aromatic carbocycles. The summed E-state index contributed by atoms with van der Waals surface area (Å²) in [6.07, 6.45) is 1.90. The molecule has 0 aliphatic heterocycles. The van der Waals surface area contributed by atoms with Crippen LogP contribution < -0.4 is 11.1 Å². The van der Waals surface area contributed by atoms with E-state index < -0.39 is 0 Å². The molecule has 0 spiro atoms. The highest BCUT2D eigenvalue weighted by atomic mass is 79.9. The Morgan fingerprint density at radius 1 is 1.33 bits per heavy atom. The van der Waals surface area contributed by atoms with Crippen LogP contribution in [0.4, 0.5) is 5.82 Å². The third-order valence-electron chi connectivity index (χ3n) is 2.62. The summed E-state index contributed by atoms with van der Waals surface area (Å²) in [6.45, 7) is 0.299. The minimum Gasteiger partial charge on any atom is -0.320 e. The van der Waals surface area contributed by atoms with Crippen LogP contribution in [0.3, 0.4) is 0 Å². The van der Waals surface area contributed by atoms with Gasteiger partial charge in [0.2, 0.25) is 5.91 Å². The summed E-state index contributed by atoms with van der Waals surface area (Å²) in [4.78, 5) is 16.1. The molecule has 1 heterocycles. The number of hydrogen-bond acceptors (Lipinski definition) is 3. The van der Waals surface area contributed by atoms with Crippen LogP contribution in [-0.2, 0) is 11.2 Å². The van der Waals surface area contributed by atoms with Gasteiger partial charge >= 0.3 is 0 Å². The Bertz CT molecular complexity index is 704. The molecule has 0 atom stereocenters. The minimum atomic E-state index is -0.121. The van der Waals surface area contributed by atoms with Gasteiger partial charge in [-0.3, -0.25) is 4.79 Å². The Balaban J connectivity index is 2.02. The van der Waals surface area contributed by atoms with Crippen molar-refractivity contribution in [3.8, 4) is 11.8 Å². The van der Waals surface area contributed by atoms with Crippen LogP contribution in [0.1, 0.15) is 11.1 Å². The summed E-state index contributed by atoms with van der Waals surface area (Å²) in [7, 11) is 0. The van der Waals surface area contributed by atoms with E-state index in [0.717, 1.165) is 15.6 Å². The van der Waals surface area contributed by atoms with Crippen LogP contribution in [0, 0.1) is 11.8 Å². The Labute approximate surface area is 131 Å². The molecule has 0 bridgehead atoms. The van der Waals surface area contributed by atoms with Crippen molar-refractivity contribution >= 4 is 27.7 Å². The fourth-order valence-electron chi connectivity index (χ4n) is 1.75. The predicted molar refractivity (Wildman–Crippen MR) is 86.6 cm³/mol. The summed E-state index contributed by atoms with van der Waals surface area (Å²) < 4.78 is 0.949. The number of hydrogen-bond donors (Lipinski definition) is 2. The van der Waals surface area contributed by atoms with Gasteiger partial charge in [-0.05, 0) is 29.8 Å². The number of carbonyl (C=O) groups is 1.